The van der Waals surface area contributed by atoms with Gasteiger partial charge in [-0.15, -0.1) is 0 Å². The third kappa shape index (κ3) is 4.49. The van der Waals surface area contributed by atoms with Gasteiger partial charge in [0.05, 0.1) is 12.5 Å². The minimum Gasteiger partial charge on any atom is -0.384 e. The molecule has 0 saturated carbocycles. The van der Waals surface area contributed by atoms with Gasteiger partial charge in [-0.25, -0.2) is 0 Å². The summed E-state index contributed by atoms with van der Waals surface area (Å²) in [5.74, 6) is 0.264. The Hall–Kier alpha value is -0.860. The van der Waals surface area contributed by atoms with E-state index in [2.05, 4.69) is 38.1 Å². The van der Waals surface area contributed by atoms with E-state index in [1.54, 1.807) is 7.11 Å². The number of halogens is 1. The summed E-state index contributed by atoms with van der Waals surface area (Å²) in [5.41, 5.74) is 2.42. The summed E-state index contributed by atoms with van der Waals surface area (Å²) in [4.78, 5) is 11.2. The quantitative estimate of drug-likeness (QED) is 0.728. The zero-order valence-electron chi connectivity index (χ0n) is 10.6. The van der Waals surface area contributed by atoms with Crippen LogP contribution in [0, 0.1) is 5.92 Å². The molecule has 1 atom stereocenters. The van der Waals surface area contributed by atoms with E-state index in [1.165, 1.54) is 5.56 Å². The van der Waals surface area contributed by atoms with Gasteiger partial charge >= 0.3 is 0 Å². The molecule has 94 valence electrons. The first-order valence-electron chi connectivity index (χ1n) is 5.81. The van der Waals surface area contributed by atoms with E-state index in [-0.39, 0.29) is 11.2 Å². The number of hydrogen-bond donors (Lipinski definition) is 0. The fourth-order valence-corrected chi connectivity index (χ4v) is 1.87. The highest BCUT2D eigenvalue weighted by Crippen LogP contribution is 2.17. The van der Waals surface area contributed by atoms with Crippen molar-refractivity contribution < 1.29 is 9.53 Å². The fraction of sp³-hybridized carbons (Fsp3) is 0.500. The van der Waals surface area contributed by atoms with Crippen molar-refractivity contribution in [3.63, 3.8) is 0 Å². The number of ether oxygens (including phenoxy) is 1. The van der Waals surface area contributed by atoms with Crippen molar-refractivity contribution in [1.29, 1.82) is 0 Å². The van der Waals surface area contributed by atoms with E-state index in [0.717, 1.165) is 5.56 Å². The molecule has 0 aliphatic carbocycles. The molecule has 0 saturated heterocycles. The van der Waals surface area contributed by atoms with Gasteiger partial charge < -0.3 is 4.74 Å². The first kappa shape index (κ1) is 14.2. The van der Waals surface area contributed by atoms with Crippen LogP contribution < -0.4 is 0 Å². The molecule has 3 heteroatoms. The molecule has 0 heterocycles. The SMILES string of the molecule is COCC(Cc1ccc(C(C)C)cc1)C(=O)Cl. The number of carbonyl (C=O) groups excluding carboxylic acids is 1. The zero-order valence-corrected chi connectivity index (χ0v) is 11.3. The van der Waals surface area contributed by atoms with Crippen molar-refractivity contribution in [1.82, 2.24) is 0 Å². The van der Waals surface area contributed by atoms with Crippen molar-refractivity contribution in [2.45, 2.75) is 26.2 Å². The van der Waals surface area contributed by atoms with Gasteiger partial charge in [-0.1, -0.05) is 38.1 Å². The lowest BCUT2D eigenvalue weighted by Crippen LogP contribution is -2.17. The Kier molecular flexibility index (Phi) is 5.66. The Labute approximate surface area is 108 Å². The molecule has 0 aliphatic heterocycles. The molecule has 1 unspecified atom stereocenters. The highest BCUT2D eigenvalue weighted by atomic mass is 35.5. The van der Waals surface area contributed by atoms with Crippen LogP contribution in [0.25, 0.3) is 0 Å². The van der Waals surface area contributed by atoms with Gasteiger partial charge in [0.15, 0.2) is 0 Å². The van der Waals surface area contributed by atoms with E-state index < -0.39 is 0 Å². The second kappa shape index (κ2) is 6.77. The van der Waals surface area contributed by atoms with Gasteiger partial charge in [-0.05, 0) is 35.1 Å². The van der Waals surface area contributed by atoms with Crippen molar-refractivity contribution in [2.75, 3.05) is 13.7 Å². The largest absolute Gasteiger partial charge is 0.384 e. The van der Waals surface area contributed by atoms with Crippen molar-refractivity contribution in [3.8, 4) is 0 Å². The average Bonchev–Trinajstić information content (AvgIpc) is 2.29. The fourth-order valence-electron chi connectivity index (χ4n) is 1.73. The van der Waals surface area contributed by atoms with Gasteiger partial charge in [0, 0.05) is 7.11 Å². The van der Waals surface area contributed by atoms with Crippen molar-refractivity contribution in [3.05, 3.63) is 35.4 Å². The highest BCUT2D eigenvalue weighted by Gasteiger charge is 2.16. The molecule has 0 spiro atoms. The van der Waals surface area contributed by atoms with E-state index >= 15 is 0 Å². The third-order valence-electron chi connectivity index (χ3n) is 2.82. The molecule has 0 bridgehead atoms. The van der Waals surface area contributed by atoms with Gasteiger partial charge in [0.2, 0.25) is 5.24 Å². The molecule has 0 amide bonds. The molecule has 1 rings (SSSR count). The lowest BCUT2D eigenvalue weighted by molar-refractivity contribution is -0.116. The van der Waals surface area contributed by atoms with Crippen LogP contribution in [0.15, 0.2) is 24.3 Å². The molecule has 0 fully saturated rings. The predicted molar refractivity (Wildman–Crippen MR) is 70.5 cm³/mol. The highest BCUT2D eigenvalue weighted by molar-refractivity contribution is 6.64. The molecule has 1 aromatic carbocycles. The molecule has 2 nitrogen and oxygen atoms in total. The second-order valence-corrected chi connectivity index (χ2v) is 4.93. The summed E-state index contributed by atoms with van der Waals surface area (Å²) in [6, 6.07) is 8.31. The van der Waals surface area contributed by atoms with E-state index in [0.29, 0.717) is 18.9 Å². The van der Waals surface area contributed by atoms with Crippen molar-refractivity contribution in [2.24, 2.45) is 5.92 Å². The lowest BCUT2D eigenvalue weighted by Gasteiger charge is -2.12. The van der Waals surface area contributed by atoms with Crippen molar-refractivity contribution >= 4 is 16.8 Å². The lowest BCUT2D eigenvalue weighted by atomic mass is 9.97. The Bertz CT molecular complexity index is 357. The monoisotopic (exact) mass is 254 g/mol. The number of benzene rings is 1. The minimum absolute atomic E-state index is 0.258. The minimum atomic E-state index is -0.334. The van der Waals surface area contributed by atoms with Crippen LogP contribution in [0.1, 0.15) is 30.9 Å². The maximum absolute atomic E-state index is 11.2. The Balaban J connectivity index is 2.70. The Morgan fingerprint density at radius 1 is 1.29 bits per heavy atom. The smallest absolute Gasteiger partial charge is 0.227 e. The average molecular weight is 255 g/mol. The van der Waals surface area contributed by atoms with Crippen LogP contribution in [-0.2, 0) is 16.0 Å². The molecule has 17 heavy (non-hydrogen) atoms. The maximum atomic E-state index is 11.2. The Morgan fingerprint density at radius 3 is 2.29 bits per heavy atom. The zero-order chi connectivity index (χ0) is 12.8. The van der Waals surface area contributed by atoms with Gasteiger partial charge in [0.1, 0.15) is 0 Å². The van der Waals surface area contributed by atoms with Gasteiger partial charge in [-0.3, -0.25) is 4.79 Å². The summed E-state index contributed by atoms with van der Waals surface area (Å²) in [6.45, 7) is 4.68. The predicted octanol–water partition coefficient (Wildman–Crippen LogP) is 3.38. The normalized spacial score (nSPS) is 12.8. The van der Waals surface area contributed by atoms with E-state index in [4.69, 9.17) is 16.3 Å². The van der Waals surface area contributed by atoms with Gasteiger partial charge in [0.25, 0.3) is 0 Å². The maximum Gasteiger partial charge on any atom is 0.227 e. The second-order valence-electron chi connectivity index (χ2n) is 4.56. The topological polar surface area (TPSA) is 26.3 Å². The number of methoxy groups -OCH3 is 1. The molecule has 0 radical (unpaired) electrons. The standard InChI is InChI=1S/C14H19ClO2/c1-10(2)12-6-4-11(5-7-12)8-13(9-17-3)14(15)16/h4-7,10,13H,8-9H2,1-3H3. The Morgan fingerprint density at radius 2 is 1.88 bits per heavy atom. The first-order chi connectivity index (χ1) is 8.04. The van der Waals surface area contributed by atoms with Crippen LogP contribution in [0.3, 0.4) is 0 Å². The number of carbonyl (C=O) groups is 1. The summed E-state index contributed by atoms with van der Waals surface area (Å²) < 4.78 is 4.99. The van der Waals surface area contributed by atoms with E-state index in [9.17, 15) is 4.79 Å². The summed E-state index contributed by atoms with van der Waals surface area (Å²) in [6.07, 6.45) is 0.633. The van der Waals surface area contributed by atoms with Crippen LogP contribution in [0.5, 0.6) is 0 Å². The molecule has 0 aliphatic rings. The summed E-state index contributed by atoms with van der Waals surface area (Å²) in [5, 5.41) is -0.334. The number of hydrogen-bond acceptors (Lipinski definition) is 2. The molecule has 0 N–H and O–H groups in total. The number of rotatable bonds is 6. The van der Waals surface area contributed by atoms with Crippen LogP contribution in [0.2, 0.25) is 0 Å². The molecular formula is C14H19ClO2. The van der Waals surface area contributed by atoms with Crippen LogP contribution in [-0.4, -0.2) is 19.0 Å². The van der Waals surface area contributed by atoms with Gasteiger partial charge in [-0.2, -0.15) is 0 Å². The van der Waals surface area contributed by atoms with Crippen LogP contribution in [0.4, 0.5) is 0 Å². The third-order valence-corrected chi connectivity index (χ3v) is 3.13. The van der Waals surface area contributed by atoms with Crippen LogP contribution >= 0.6 is 11.6 Å². The summed E-state index contributed by atoms with van der Waals surface area (Å²) >= 11 is 5.54. The molecule has 1 aromatic rings. The first-order valence-corrected chi connectivity index (χ1v) is 6.19. The molecule has 0 aromatic heterocycles. The van der Waals surface area contributed by atoms with E-state index in [1.807, 2.05) is 0 Å². The summed E-state index contributed by atoms with van der Waals surface area (Å²) in [7, 11) is 1.58. The molecular weight excluding hydrogens is 236 g/mol.